The number of nitrogen functional groups attached to an aromatic ring is 1. The molecule has 4 heteroatoms. The van der Waals surface area contributed by atoms with E-state index in [1.54, 1.807) is 12.3 Å². The van der Waals surface area contributed by atoms with E-state index in [1.807, 2.05) is 13.8 Å². The SMILES string of the molecule is CC.NC1CCCCC1.Nc1ccncn1. The molecule has 0 saturated heterocycles. The average Bonchev–Trinajstić information content (AvgIpc) is 2.34. The van der Waals surface area contributed by atoms with Gasteiger partial charge >= 0.3 is 0 Å². The molecule has 1 heterocycles. The number of aromatic nitrogens is 2. The van der Waals surface area contributed by atoms with Crippen molar-refractivity contribution in [1.29, 1.82) is 0 Å². The van der Waals surface area contributed by atoms with Crippen molar-refractivity contribution in [3.05, 3.63) is 18.6 Å². The number of hydrogen-bond donors (Lipinski definition) is 2. The lowest BCUT2D eigenvalue weighted by Gasteiger charge is -2.15. The largest absolute Gasteiger partial charge is 0.384 e. The Kier molecular flexibility index (Phi) is 9.61. The van der Waals surface area contributed by atoms with E-state index in [4.69, 9.17) is 11.5 Å². The average molecular weight is 224 g/mol. The van der Waals surface area contributed by atoms with Crippen molar-refractivity contribution in [1.82, 2.24) is 9.97 Å². The van der Waals surface area contributed by atoms with E-state index in [0.717, 1.165) is 0 Å². The highest BCUT2D eigenvalue weighted by atomic mass is 14.9. The van der Waals surface area contributed by atoms with Crippen LogP contribution in [0.3, 0.4) is 0 Å². The van der Waals surface area contributed by atoms with Crippen LogP contribution in [0, 0.1) is 0 Å². The van der Waals surface area contributed by atoms with Gasteiger partial charge in [-0.1, -0.05) is 33.1 Å². The van der Waals surface area contributed by atoms with Gasteiger partial charge in [0, 0.05) is 12.2 Å². The Morgan fingerprint density at radius 1 is 1.19 bits per heavy atom. The van der Waals surface area contributed by atoms with E-state index in [-0.39, 0.29) is 0 Å². The maximum absolute atomic E-state index is 5.63. The van der Waals surface area contributed by atoms with Crippen molar-refractivity contribution < 1.29 is 0 Å². The molecule has 0 spiro atoms. The molecule has 0 radical (unpaired) electrons. The van der Waals surface area contributed by atoms with Crippen molar-refractivity contribution in [2.75, 3.05) is 5.73 Å². The van der Waals surface area contributed by atoms with Crippen LogP contribution in [-0.2, 0) is 0 Å². The van der Waals surface area contributed by atoms with Crippen molar-refractivity contribution in [2.45, 2.75) is 52.0 Å². The number of anilines is 1. The van der Waals surface area contributed by atoms with Crippen LogP contribution in [0.5, 0.6) is 0 Å². The summed E-state index contributed by atoms with van der Waals surface area (Å²) in [5, 5.41) is 0. The Bertz CT molecular complexity index is 232. The van der Waals surface area contributed by atoms with Gasteiger partial charge in [-0.3, -0.25) is 0 Å². The summed E-state index contributed by atoms with van der Waals surface area (Å²) < 4.78 is 0. The summed E-state index contributed by atoms with van der Waals surface area (Å²) in [7, 11) is 0. The van der Waals surface area contributed by atoms with E-state index in [1.165, 1.54) is 38.4 Å². The second kappa shape index (κ2) is 10.4. The lowest BCUT2D eigenvalue weighted by molar-refractivity contribution is 0.441. The van der Waals surface area contributed by atoms with Crippen LogP contribution in [0.25, 0.3) is 0 Å². The first kappa shape index (κ1) is 14.8. The lowest BCUT2D eigenvalue weighted by atomic mass is 9.97. The van der Waals surface area contributed by atoms with Crippen LogP contribution < -0.4 is 11.5 Å². The zero-order chi connectivity index (χ0) is 12.2. The van der Waals surface area contributed by atoms with Gasteiger partial charge in [0.2, 0.25) is 0 Å². The molecule has 4 nitrogen and oxygen atoms in total. The fourth-order valence-electron chi connectivity index (χ4n) is 1.44. The van der Waals surface area contributed by atoms with E-state index < -0.39 is 0 Å². The van der Waals surface area contributed by atoms with Crippen molar-refractivity contribution in [3.63, 3.8) is 0 Å². The fraction of sp³-hybridized carbons (Fsp3) is 0.667. The van der Waals surface area contributed by atoms with Crippen LogP contribution in [0.1, 0.15) is 46.0 Å². The van der Waals surface area contributed by atoms with Gasteiger partial charge < -0.3 is 11.5 Å². The molecule has 0 aliphatic heterocycles. The number of rotatable bonds is 0. The first-order chi connectivity index (χ1) is 7.79. The Labute approximate surface area is 98.5 Å². The molecular formula is C12H24N4. The van der Waals surface area contributed by atoms with E-state index in [9.17, 15) is 0 Å². The summed E-state index contributed by atoms with van der Waals surface area (Å²) in [5.74, 6) is 0.509. The maximum Gasteiger partial charge on any atom is 0.126 e. The smallest absolute Gasteiger partial charge is 0.126 e. The molecule has 1 aliphatic carbocycles. The zero-order valence-corrected chi connectivity index (χ0v) is 10.4. The van der Waals surface area contributed by atoms with Gasteiger partial charge in [0.1, 0.15) is 12.1 Å². The van der Waals surface area contributed by atoms with Gasteiger partial charge in [-0.2, -0.15) is 0 Å². The maximum atomic E-state index is 5.63. The van der Waals surface area contributed by atoms with Gasteiger partial charge in [0.05, 0.1) is 0 Å². The third-order valence-electron chi connectivity index (χ3n) is 2.25. The minimum Gasteiger partial charge on any atom is -0.384 e. The predicted molar refractivity (Wildman–Crippen MR) is 68.9 cm³/mol. The van der Waals surface area contributed by atoms with Gasteiger partial charge in [-0.15, -0.1) is 0 Å². The number of hydrogen-bond acceptors (Lipinski definition) is 4. The highest BCUT2D eigenvalue weighted by Gasteiger charge is 2.06. The Morgan fingerprint density at radius 2 is 1.81 bits per heavy atom. The van der Waals surface area contributed by atoms with Crippen LogP contribution in [-0.4, -0.2) is 16.0 Å². The summed E-state index contributed by atoms with van der Waals surface area (Å²) in [6.07, 6.45) is 9.67. The van der Waals surface area contributed by atoms with Gasteiger partial charge in [-0.05, 0) is 18.9 Å². The van der Waals surface area contributed by atoms with Crippen LogP contribution >= 0.6 is 0 Å². The summed E-state index contributed by atoms with van der Waals surface area (Å²) in [6.45, 7) is 4.00. The molecule has 0 atom stereocenters. The predicted octanol–water partition coefficient (Wildman–Crippen LogP) is 2.36. The highest BCUT2D eigenvalue weighted by Crippen LogP contribution is 2.14. The molecule has 0 unspecified atom stereocenters. The molecule has 0 amide bonds. The topological polar surface area (TPSA) is 77.8 Å². The summed E-state index contributed by atoms with van der Waals surface area (Å²) >= 11 is 0. The number of nitrogens with zero attached hydrogens (tertiary/aromatic N) is 2. The number of nitrogens with two attached hydrogens (primary N) is 2. The molecule has 92 valence electrons. The van der Waals surface area contributed by atoms with Gasteiger partial charge in [0.15, 0.2) is 0 Å². The van der Waals surface area contributed by atoms with Gasteiger partial charge in [0.25, 0.3) is 0 Å². The third kappa shape index (κ3) is 8.17. The molecule has 1 fully saturated rings. The molecule has 4 N–H and O–H groups in total. The minimum absolute atomic E-state index is 0.509. The van der Waals surface area contributed by atoms with E-state index >= 15 is 0 Å². The summed E-state index contributed by atoms with van der Waals surface area (Å²) in [4.78, 5) is 7.30. The van der Waals surface area contributed by atoms with Crippen LogP contribution in [0.15, 0.2) is 18.6 Å². The Morgan fingerprint density at radius 3 is 2.06 bits per heavy atom. The minimum atomic E-state index is 0.509. The third-order valence-corrected chi connectivity index (χ3v) is 2.25. The molecule has 0 aromatic carbocycles. The molecule has 16 heavy (non-hydrogen) atoms. The summed E-state index contributed by atoms with van der Waals surface area (Å²) in [5.41, 5.74) is 10.8. The highest BCUT2D eigenvalue weighted by molar-refractivity contribution is 5.22. The molecule has 1 aromatic rings. The normalized spacial score (nSPS) is 15.2. The van der Waals surface area contributed by atoms with Gasteiger partial charge in [-0.25, -0.2) is 9.97 Å². The molecule has 1 aromatic heterocycles. The van der Waals surface area contributed by atoms with Crippen LogP contribution in [0.4, 0.5) is 5.82 Å². The molecule has 1 aliphatic rings. The molecular weight excluding hydrogens is 200 g/mol. The zero-order valence-electron chi connectivity index (χ0n) is 10.4. The Balaban J connectivity index is 0.000000244. The Hall–Kier alpha value is -1.16. The van der Waals surface area contributed by atoms with Crippen molar-refractivity contribution in [2.24, 2.45) is 5.73 Å². The van der Waals surface area contributed by atoms with E-state index in [0.29, 0.717) is 11.9 Å². The lowest BCUT2D eigenvalue weighted by Crippen LogP contribution is -2.22. The van der Waals surface area contributed by atoms with E-state index in [2.05, 4.69) is 9.97 Å². The monoisotopic (exact) mass is 224 g/mol. The molecule has 0 bridgehead atoms. The summed E-state index contributed by atoms with van der Waals surface area (Å²) in [6, 6.07) is 2.17. The second-order valence-electron chi connectivity index (χ2n) is 3.53. The second-order valence-corrected chi connectivity index (χ2v) is 3.53. The molecule has 2 rings (SSSR count). The quantitative estimate of drug-likeness (QED) is 0.709. The first-order valence-electron chi connectivity index (χ1n) is 6.06. The standard InChI is InChI=1S/C6H13N.C4H5N3.C2H6/c7-6-4-2-1-3-5-6;5-4-1-2-6-3-7-4;1-2/h6H,1-5,7H2;1-3H,(H2,5,6,7);1-2H3. The van der Waals surface area contributed by atoms with Crippen molar-refractivity contribution >= 4 is 5.82 Å². The van der Waals surface area contributed by atoms with Crippen LogP contribution in [0.2, 0.25) is 0 Å². The molecule has 1 saturated carbocycles. The van der Waals surface area contributed by atoms with Crippen molar-refractivity contribution in [3.8, 4) is 0 Å². The first-order valence-corrected chi connectivity index (χ1v) is 6.06. The fourth-order valence-corrected chi connectivity index (χ4v) is 1.44.